The molecule has 0 aliphatic rings. The summed E-state index contributed by atoms with van der Waals surface area (Å²) in [4.78, 5) is 23.5. The van der Waals surface area contributed by atoms with E-state index in [1.54, 1.807) is 67.6 Å². The molecule has 0 saturated heterocycles. The Balaban J connectivity index is 1.91. The highest BCUT2D eigenvalue weighted by molar-refractivity contribution is 5.91. The van der Waals surface area contributed by atoms with Crippen LogP contribution in [0.15, 0.2) is 77.9 Å². The number of amides is 1. The lowest BCUT2D eigenvalue weighted by Gasteiger charge is -2.27. The number of carbonyl (C=O) groups excluding carboxylic acids is 1. The van der Waals surface area contributed by atoms with Crippen LogP contribution in [0.2, 0.25) is 0 Å². The van der Waals surface area contributed by atoms with Gasteiger partial charge in [0.2, 0.25) is 5.75 Å². The van der Waals surface area contributed by atoms with E-state index in [0.717, 1.165) is 12.3 Å². The molecule has 0 radical (unpaired) electrons. The summed E-state index contributed by atoms with van der Waals surface area (Å²) in [6.45, 7) is 1.85. The van der Waals surface area contributed by atoms with Crippen molar-refractivity contribution < 1.29 is 24.7 Å². The molecule has 3 rings (SSSR count). The Morgan fingerprint density at radius 3 is 2.19 bits per heavy atom. The molecule has 0 aliphatic heterocycles. The van der Waals surface area contributed by atoms with Gasteiger partial charge in [-0.25, -0.2) is 5.43 Å². The Bertz CT molecular complexity index is 1090. The quantitative estimate of drug-likeness (QED) is 0.283. The predicted molar refractivity (Wildman–Crippen MR) is 118 cm³/mol. The van der Waals surface area contributed by atoms with Crippen molar-refractivity contribution in [2.24, 2.45) is 5.10 Å². The fourth-order valence-corrected chi connectivity index (χ4v) is 3.13. The number of phenolic OH excluding ortho intramolecular Hbond substituents is 1. The summed E-state index contributed by atoms with van der Waals surface area (Å²) < 4.78 is 5.22. The number of benzene rings is 3. The van der Waals surface area contributed by atoms with Gasteiger partial charge < -0.3 is 14.9 Å². The summed E-state index contributed by atoms with van der Waals surface area (Å²) in [6, 6.07) is 19.2. The van der Waals surface area contributed by atoms with Crippen LogP contribution in [-0.4, -0.2) is 33.9 Å². The predicted octanol–water partition coefficient (Wildman–Crippen LogP) is 3.09. The maximum Gasteiger partial charge on any atom is 0.315 e. The van der Waals surface area contributed by atoms with Crippen LogP contribution in [0.25, 0.3) is 0 Å². The third kappa shape index (κ3) is 4.57. The van der Waals surface area contributed by atoms with Gasteiger partial charge in [0, 0.05) is 11.6 Å². The molecule has 0 bridgehead atoms. The molecule has 0 spiro atoms. The number of hydrogen-bond acceptors (Lipinski definition) is 7. The summed E-state index contributed by atoms with van der Waals surface area (Å²) in [5.41, 5.74) is 0.613. The number of nitrogens with zero attached hydrogens (tertiary/aromatic N) is 2. The molecule has 0 heterocycles. The van der Waals surface area contributed by atoms with E-state index in [1.807, 2.05) is 0 Å². The topological polar surface area (TPSA) is 134 Å². The second-order valence-electron chi connectivity index (χ2n) is 6.72. The average Bonchev–Trinajstić information content (AvgIpc) is 2.81. The lowest BCUT2D eigenvalue weighted by Crippen LogP contribution is -2.43. The minimum atomic E-state index is -2.02. The molecule has 9 heteroatoms. The number of ether oxygens (including phenoxy) is 1. The van der Waals surface area contributed by atoms with Crippen LogP contribution in [0.1, 0.15) is 23.6 Å². The SMILES string of the molecule is CCOc1cc(/C=N/NC(=O)C(O)(c2ccccc2)c2ccccc2)cc([N+](=O)[O-])c1O. The van der Waals surface area contributed by atoms with Crippen LogP contribution in [0.4, 0.5) is 5.69 Å². The summed E-state index contributed by atoms with van der Waals surface area (Å²) in [5, 5.41) is 36.4. The first kappa shape index (κ1) is 22.4. The summed E-state index contributed by atoms with van der Waals surface area (Å²) in [7, 11) is 0. The highest BCUT2D eigenvalue weighted by Gasteiger charge is 2.39. The van der Waals surface area contributed by atoms with Crippen LogP contribution in [0, 0.1) is 10.1 Å². The third-order valence-corrected chi connectivity index (χ3v) is 4.67. The maximum absolute atomic E-state index is 13.0. The molecule has 0 aromatic heterocycles. The van der Waals surface area contributed by atoms with Gasteiger partial charge in [0.1, 0.15) is 0 Å². The normalized spacial score (nSPS) is 11.3. The molecule has 1 amide bonds. The van der Waals surface area contributed by atoms with Gasteiger partial charge in [0.15, 0.2) is 11.4 Å². The minimum absolute atomic E-state index is 0.0837. The smallest absolute Gasteiger partial charge is 0.315 e. The van der Waals surface area contributed by atoms with Crippen molar-refractivity contribution in [3.63, 3.8) is 0 Å². The number of aromatic hydroxyl groups is 1. The van der Waals surface area contributed by atoms with E-state index in [9.17, 15) is 25.1 Å². The first-order valence-corrected chi connectivity index (χ1v) is 9.69. The van der Waals surface area contributed by atoms with Gasteiger partial charge in [-0.05, 0) is 24.1 Å². The first-order chi connectivity index (χ1) is 15.4. The minimum Gasteiger partial charge on any atom is -0.500 e. The number of hydrazone groups is 1. The fraction of sp³-hybridized carbons (Fsp3) is 0.130. The van der Waals surface area contributed by atoms with E-state index < -0.39 is 27.9 Å². The second kappa shape index (κ2) is 9.71. The Hall–Kier alpha value is -4.24. The largest absolute Gasteiger partial charge is 0.500 e. The van der Waals surface area contributed by atoms with E-state index in [1.165, 1.54) is 6.07 Å². The molecular formula is C23H21N3O6. The van der Waals surface area contributed by atoms with Crippen molar-refractivity contribution in [2.75, 3.05) is 6.61 Å². The lowest BCUT2D eigenvalue weighted by atomic mass is 9.85. The van der Waals surface area contributed by atoms with Crippen molar-refractivity contribution in [2.45, 2.75) is 12.5 Å². The number of nitrogens with one attached hydrogen (secondary N) is 1. The number of hydrogen-bond donors (Lipinski definition) is 3. The standard InChI is InChI=1S/C23H21N3O6/c1-2-32-20-14-16(13-19(21(20)27)26(30)31)15-24-25-22(28)23(29,17-9-5-3-6-10-17)18-11-7-4-8-12-18/h3-15,27,29H,2H2,1H3,(H,25,28)/b24-15+. The molecular weight excluding hydrogens is 414 g/mol. The highest BCUT2D eigenvalue weighted by atomic mass is 16.6. The maximum atomic E-state index is 13.0. The van der Waals surface area contributed by atoms with Crippen molar-refractivity contribution in [1.82, 2.24) is 5.43 Å². The summed E-state index contributed by atoms with van der Waals surface area (Å²) >= 11 is 0. The van der Waals surface area contributed by atoms with E-state index in [2.05, 4.69) is 10.5 Å². The molecule has 0 saturated carbocycles. The zero-order valence-corrected chi connectivity index (χ0v) is 17.1. The van der Waals surface area contributed by atoms with Crippen LogP contribution >= 0.6 is 0 Å². The number of nitro benzene ring substituents is 1. The van der Waals surface area contributed by atoms with Crippen molar-refractivity contribution in [3.05, 3.63) is 99.6 Å². The van der Waals surface area contributed by atoms with Gasteiger partial charge in [-0.2, -0.15) is 5.10 Å². The Morgan fingerprint density at radius 1 is 1.12 bits per heavy atom. The van der Waals surface area contributed by atoms with E-state index in [0.29, 0.717) is 11.1 Å². The molecule has 0 aliphatic carbocycles. The summed E-state index contributed by atoms with van der Waals surface area (Å²) in [5.74, 6) is -1.50. The molecule has 0 unspecified atom stereocenters. The molecule has 164 valence electrons. The van der Waals surface area contributed by atoms with Gasteiger partial charge in [0.25, 0.3) is 5.91 Å². The number of phenols is 1. The van der Waals surface area contributed by atoms with Gasteiger partial charge >= 0.3 is 5.69 Å². The van der Waals surface area contributed by atoms with Gasteiger partial charge in [0.05, 0.1) is 17.7 Å². The van der Waals surface area contributed by atoms with Gasteiger partial charge in [-0.15, -0.1) is 0 Å². The van der Waals surface area contributed by atoms with Crippen LogP contribution in [-0.2, 0) is 10.4 Å². The fourth-order valence-electron chi connectivity index (χ4n) is 3.13. The second-order valence-corrected chi connectivity index (χ2v) is 6.72. The number of carbonyl (C=O) groups is 1. The Kier molecular flexibility index (Phi) is 6.81. The molecule has 0 atom stereocenters. The van der Waals surface area contributed by atoms with Crippen molar-refractivity contribution >= 4 is 17.8 Å². The molecule has 3 aromatic carbocycles. The molecule has 0 fully saturated rings. The van der Waals surface area contributed by atoms with E-state index >= 15 is 0 Å². The van der Waals surface area contributed by atoms with E-state index in [-0.39, 0.29) is 17.9 Å². The summed E-state index contributed by atoms with van der Waals surface area (Å²) in [6.07, 6.45) is 1.16. The number of nitro groups is 1. The van der Waals surface area contributed by atoms with E-state index in [4.69, 9.17) is 4.74 Å². The molecule has 3 aromatic rings. The first-order valence-electron chi connectivity index (χ1n) is 9.69. The van der Waals surface area contributed by atoms with Crippen molar-refractivity contribution in [1.29, 1.82) is 0 Å². The highest BCUT2D eigenvalue weighted by Crippen LogP contribution is 2.36. The van der Waals surface area contributed by atoms with Gasteiger partial charge in [-0.1, -0.05) is 60.7 Å². The number of rotatable bonds is 8. The average molecular weight is 435 g/mol. The van der Waals surface area contributed by atoms with Crippen LogP contribution < -0.4 is 10.2 Å². The van der Waals surface area contributed by atoms with Crippen LogP contribution in [0.5, 0.6) is 11.5 Å². The Labute approximate surface area is 183 Å². The molecule has 9 nitrogen and oxygen atoms in total. The zero-order chi connectivity index (χ0) is 23.1. The third-order valence-electron chi connectivity index (χ3n) is 4.67. The van der Waals surface area contributed by atoms with Crippen molar-refractivity contribution in [3.8, 4) is 11.5 Å². The zero-order valence-electron chi connectivity index (χ0n) is 17.1. The number of aliphatic hydroxyl groups is 1. The van der Waals surface area contributed by atoms with Gasteiger partial charge in [-0.3, -0.25) is 14.9 Å². The van der Waals surface area contributed by atoms with Crippen LogP contribution in [0.3, 0.4) is 0 Å². The lowest BCUT2D eigenvalue weighted by molar-refractivity contribution is -0.386. The molecule has 32 heavy (non-hydrogen) atoms. The Morgan fingerprint density at radius 2 is 1.69 bits per heavy atom. The monoisotopic (exact) mass is 435 g/mol. The molecule has 3 N–H and O–H groups in total.